The zero-order valence-corrected chi connectivity index (χ0v) is 12.9. The van der Waals surface area contributed by atoms with Gasteiger partial charge in [-0.25, -0.2) is 4.98 Å². The van der Waals surface area contributed by atoms with Crippen LogP contribution in [0.3, 0.4) is 0 Å². The van der Waals surface area contributed by atoms with Crippen LogP contribution in [0, 0.1) is 5.95 Å². The van der Waals surface area contributed by atoms with Crippen LogP contribution in [0.4, 0.5) is 10.1 Å². The summed E-state index contributed by atoms with van der Waals surface area (Å²) in [6, 6.07) is 5.64. The van der Waals surface area contributed by atoms with Gasteiger partial charge in [-0.15, -0.1) is 5.75 Å². The van der Waals surface area contributed by atoms with Crippen molar-refractivity contribution < 1.29 is 39.1 Å². The third kappa shape index (κ3) is 2.90. The molecule has 1 heterocycles. The second-order valence-electron chi connectivity index (χ2n) is 3.32. The third-order valence-electron chi connectivity index (χ3n) is 2.20. The van der Waals surface area contributed by atoms with Crippen molar-refractivity contribution in [3.8, 4) is 17.0 Å². The van der Waals surface area contributed by atoms with Gasteiger partial charge in [0.1, 0.15) is 5.02 Å². The van der Waals surface area contributed by atoms with Gasteiger partial charge in [-0.2, -0.15) is 4.39 Å². The minimum Gasteiger partial charge on any atom is -0.872 e. The number of anilines is 1. The Morgan fingerprint density at radius 2 is 1.67 bits per heavy atom. The first-order valence-corrected chi connectivity index (χ1v) is 5.33. The minimum atomic E-state index is -0.894. The zero-order chi connectivity index (χ0) is 12.6. The quantitative estimate of drug-likeness (QED) is 0.588. The van der Waals surface area contributed by atoms with Crippen molar-refractivity contribution >= 4 is 28.9 Å². The molecule has 0 fully saturated rings. The van der Waals surface area contributed by atoms with E-state index in [1.165, 1.54) is 24.3 Å². The Balaban J connectivity index is 0.00000162. The van der Waals surface area contributed by atoms with E-state index in [0.29, 0.717) is 5.56 Å². The first kappa shape index (κ1) is 15.5. The largest absolute Gasteiger partial charge is 1.00 e. The molecule has 2 rings (SSSR count). The molecular formula is C11H6Cl2FN2NaO. The van der Waals surface area contributed by atoms with Crippen molar-refractivity contribution in [2.75, 3.05) is 5.73 Å². The smallest absolute Gasteiger partial charge is 0.872 e. The fourth-order valence-electron chi connectivity index (χ4n) is 1.34. The number of halogens is 3. The normalized spacial score (nSPS) is 9.94. The molecule has 0 aliphatic rings. The van der Waals surface area contributed by atoms with Crippen molar-refractivity contribution in [3.05, 3.63) is 40.3 Å². The van der Waals surface area contributed by atoms with Gasteiger partial charge in [-0.05, 0) is 0 Å². The Hall–Kier alpha value is -0.520. The molecule has 88 valence electrons. The second-order valence-corrected chi connectivity index (χ2v) is 4.07. The van der Waals surface area contributed by atoms with Crippen LogP contribution < -0.4 is 40.4 Å². The van der Waals surface area contributed by atoms with E-state index < -0.39 is 5.95 Å². The van der Waals surface area contributed by atoms with Crippen LogP contribution >= 0.6 is 23.2 Å². The Kier molecular flexibility index (Phi) is 5.25. The molecule has 3 nitrogen and oxygen atoms in total. The molecule has 2 aromatic rings. The van der Waals surface area contributed by atoms with E-state index in [4.69, 9.17) is 28.9 Å². The van der Waals surface area contributed by atoms with E-state index in [2.05, 4.69) is 4.98 Å². The van der Waals surface area contributed by atoms with E-state index in [9.17, 15) is 9.50 Å². The fourth-order valence-corrected chi connectivity index (χ4v) is 1.77. The van der Waals surface area contributed by atoms with Crippen LogP contribution in [0.15, 0.2) is 24.3 Å². The number of nitrogen functional groups attached to an aromatic ring is 1. The van der Waals surface area contributed by atoms with Gasteiger partial charge in [-0.3, -0.25) is 0 Å². The molecule has 0 atom stereocenters. The van der Waals surface area contributed by atoms with Crippen LogP contribution in [0.5, 0.6) is 5.75 Å². The average Bonchev–Trinajstić information content (AvgIpc) is 2.32. The van der Waals surface area contributed by atoms with Gasteiger partial charge in [0.05, 0.1) is 16.4 Å². The maximum Gasteiger partial charge on any atom is 1.00 e. The van der Waals surface area contributed by atoms with Gasteiger partial charge >= 0.3 is 29.6 Å². The van der Waals surface area contributed by atoms with Gasteiger partial charge in [0, 0.05) is 5.56 Å². The summed E-state index contributed by atoms with van der Waals surface area (Å²) in [5, 5.41) is 10.7. The van der Waals surface area contributed by atoms with Crippen LogP contribution in [-0.4, -0.2) is 4.98 Å². The maximum atomic E-state index is 13.3. The van der Waals surface area contributed by atoms with Crippen LogP contribution in [0.2, 0.25) is 10.0 Å². The molecule has 1 aromatic heterocycles. The fraction of sp³-hybridized carbons (Fsp3) is 0. The van der Waals surface area contributed by atoms with E-state index in [-0.39, 0.29) is 56.7 Å². The Morgan fingerprint density at radius 3 is 2.22 bits per heavy atom. The second kappa shape index (κ2) is 6.08. The van der Waals surface area contributed by atoms with Gasteiger partial charge < -0.3 is 10.8 Å². The molecular weight excluding hydrogens is 289 g/mol. The molecule has 2 N–H and O–H groups in total. The molecule has 0 aliphatic carbocycles. The first-order chi connectivity index (χ1) is 8.00. The Labute approximate surface area is 135 Å². The van der Waals surface area contributed by atoms with E-state index in [1.54, 1.807) is 0 Å². The zero-order valence-electron chi connectivity index (χ0n) is 9.38. The van der Waals surface area contributed by atoms with Gasteiger partial charge in [-0.1, -0.05) is 47.5 Å². The molecule has 7 heteroatoms. The summed E-state index contributed by atoms with van der Waals surface area (Å²) >= 11 is 11.5. The van der Waals surface area contributed by atoms with Crippen molar-refractivity contribution in [2.45, 2.75) is 0 Å². The van der Waals surface area contributed by atoms with Crippen molar-refractivity contribution in [2.24, 2.45) is 0 Å². The molecule has 0 aliphatic heterocycles. The van der Waals surface area contributed by atoms with Gasteiger partial charge in [0.25, 0.3) is 0 Å². The number of pyridine rings is 1. The molecule has 0 amide bonds. The third-order valence-corrected chi connectivity index (χ3v) is 2.94. The Morgan fingerprint density at radius 1 is 1.11 bits per heavy atom. The number of nitrogens with zero attached hydrogens (tertiary/aromatic N) is 1. The summed E-state index contributed by atoms with van der Waals surface area (Å²) in [5.41, 5.74) is 6.13. The van der Waals surface area contributed by atoms with Crippen molar-refractivity contribution in [1.29, 1.82) is 0 Å². The van der Waals surface area contributed by atoms with Gasteiger partial charge in [0.2, 0.25) is 5.95 Å². The molecule has 0 radical (unpaired) electrons. The van der Waals surface area contributed by atoms with Crippen LogP contribution in [0.25, 0.3) is 11.3 Å². The van der Waals surface area contributed by atoms with Crippen molar-refractivity contribution in [3.63, 3.8) is 0 Å². The molecule has 0 unspecified atom stereocenters. The number of hydrogen-bond acceptors (Lipinski definition) is 3. The minimum absolute atomic E-state index is 0. The summed E-state index contributed by atoms with van der Waals surface area (Å²) in [6.45, 7) is 0. The molecule has 0 spiro atoms. The molecule has 1 aromatic carbocycles. The average molecular weight is 295 g/mol. The van der Waals surface area contributed by atoms with Crippen LogP contribution in [-0.2, 0) is 0 Å². The predicted octanol–water partition coefficient (Wildman–Crippen LogP) is -0.146. The number of rotatable bonds is 1. The number of hydrogen-bond donors (Lipinski definition) is 1. The molecule has 0 saturated heterocycles. The predicted molar refractivity (Wildman–Crippen MR) is 63.5 cm³/mol. The standard InChI is InChI=1S/C11H7Cl2FN2O.Na/c12-7-9(15)8(13)11(14)16-10(7)5-1-3-6(17)4-2-5;/h1-4,17H,(H2,15,16);/q;+1/p-1. The van der Waals surface area contributed by atoms with Crippen molar-refractivity contribution in [1.82, 2.24) is 4.98 Å². The van der Waals surface area contributed by atoms with Crippen LogP contribution in [0.1, 0.15) is 0 Å². The first-order valence-electron chi connectivity index (χ1n) is 4.58. The topological polar surface area (TPSA) is 62.0 Å². The van der Waals surface area contributed by atoms with E-state index >= 15 is 0 Å². The molecule has 0 bridgehead atoms. The number of aromatic nitrogens is 1. The summed E-state index contributed by atoms with van der Waals surface area (Å²) < 4.78 is 13.3. The molecule has 18 heavy (non-hydrogen) atoms. The molecule has 0 saturated carbocycles. The van der Waals surface area contributed by atoms with Gasteiger partial charge in [0.15, 0.2) is 0 Å². The summed E-state index contributed by atoms with van der Waals surface area (Å²) in [6.07, 6.45) is 0. The maximum absolute atomic E-state index is 13.3. The van der Waals surface area contributed by atoms with E-state index in [1.807, 2.05) is 0 Å². The summed E-state index contributed by atoms with van der Waals surface area (Å²) in [5.74, 6) is -1.05. The summed E-state index contributed by atoms with van der Waals surface area (Å²) in [4.78, 5) is 3.62. The SMILES string of the molecule is Nc1c(Cl)c(F)nc(-c2ccc([O-])cc2)c1Cl.[Na+]. The Bertz CT molecular complexity index is 578. The number of nitrogens with two attached hydrogens (primary N) is 1. The summed E-state index contributed by atoms with van der Waals surface area (Å²) in [7, 11) is 0. The monoisotopic (exact) mass is 294 g/mol. The van der Waals surface area contributed by atoms with E-state index in [0.717, 1.165) is 0 Å². The number of benzene rings is 1.